The number of aromatic nitrogens is 2. The van der Waals surface area contributed by atoms with Crippen molar-refractivity contribution in [2.24, 2.45) is 5.92 Å². The number of morpholine rings is 1. The standard InChI is InChI=1S/C17H26N4O2/c22-17(10-13-8-14-2-3-15(9-13)19-14)20-6-7-23-16(11-20)12-21-5-1-4-18-21/h1,4-5,13-16,19H,2-3,6-12H2. The second-order valence-corrected chi connectivity index (χ2v) is 7.24. The number of fused-ring (bicyclic) bond motifs is 2. The van der Waals surface area contributed by atoms with Crippen molar-refractivity contribution in [3.05, 3.63) is 18.5 Å². The predicted octanol–water partition coefficient (Wildman–Crippen LogP) is 1.03. The summed E-state index contributed by atoms with van der Waals surface area (Å²) < 4.78 is 7.68. The lowest BCUT2D eigenvalue weighted by atomic mass is 9.89. The van der Waals surface area contributed by atoms with Gasteiger partial charge in [-0.25, -0.2) is 0 Å². The molecule has 1 aromatic rings. The van der Waals surface area contributed by atoms with Crippen molar-refractivity contribution < 1.29 is 9.53 Å². The maximum absolute atomic E-state index is 12.7. The highest BCUT2D eigenvalue weighted by molar-refractivity contribution is 5.76. The molecule has 0 saturated carbocycles. The van der Waals surface area contributed by atoms with E-state index >= 15 is 0 Å². The number of hydrogen-bond donors (Lipinski definition) is 1. The second kappa shape index (κ2) is 6.61. The zero-order valence-corrected chi connectivity index (χ0v) is 13.6. The van der Waals surface area contributed by atoms with Crippen LogP contribution in [0.3, 0.4) is 0 Å². The molecular formula is C17H26N4O2. The Kier molecular flexibility index (Phi) is 4.35. The fourth-order valence-corrected chi connectivity index (χ4v) is 4.39. The van der Waals surface area contributed by atoms with E-state index in [1.807, 2.05) is 21.8 Å². The van der Waals surface area contributed by atoms with Crippen LogP contribution in [0.5, 0.6) is 0 Å². The van der Waals surface area contributed by atoms with E-state index in [2.05, 4.69) is 10.4 Å². The number of nitrogens with one attached hydrogen (secondary N) is 1. The molecule has 23 heavy (non-hydrogen) atoms. The molecule has 3 saturated heterocycles. The molecule has 1 N–H and O–H groups in total. The van der Waals surface area contributed by atoms with Crippen LogP contribution in [0.2, 0.25) is 0 Å². The number of nitrogens with zero attached hydrogens (tertiary/aromatic N) is 3. The quantitative estimate of drug-likeness (QED) is 0.901. The van der Waals surface area contributed by atoms with Crippen molar-refractivity contribution in [2.75, 3.05) is 19.7 Å². The summed E-state index contributed by atoms with van der Waals surface area (Å²) in [5.41, 5.74) is 0. The number of amides is 1. The smallest absolute Gasteiger partial charge is 0.223 e. The van der Waals surface area contributed by atoms with Gasteiger partial charge in [0.1, 0.15) is 0 Å². The molecule has 3 atom stereocenters. The molecule has 0 spiro atoms. The Morgan fingerprint density at radius 1 is 1.30 bits per heavy atom. The average molecular weight is 318 g/mol. The molecule has 3 aliphatic heterocycles. The molecule has 4 rings (SSSR count). The van der Waals surface area contributed by atoms with Gasteiger partial charge in [0.05, 0.1) is 19.3 Å². The Hall–Kier alpha value is -1.40. The van der Waals surface area contributed by atoms with Gasteiger partial charge in [-0.3, -0.25) is 9.48 Å². The van der Waals surface area contributed by atoms with Gasteiger partial charge in [-0.2, -0.15) is 5.10 Å². The molecule has 6 heteroatoms. The van der Waals surface area contributed by atoms with Crippen molar-refractivity contribution >= 4 is 5.91 Å². The summed E-state index contributed by atoms with van der Waals surface area (Å²) in [6.07, 6.45) is 9.40. The maximum atomic E-state index is 12.7. The minimum Gasteiger partial charge on any atom is -0.373 e. The largest absolute Gasteiger partial charge is 0.373 e. The molecule has 126 valence electrons. The average Bonchev–Trinajstić information content (AvgIpc) is 3.17. The lowest BCUT2D eigenvalue weighted by molar-refractivity contribution is -0.140. The summed E-state index contributed by atoms with van der Waals surface area (Å²) in [5, 5.41) is 7.87. The third-order valence-corrected chi connectivity index (χ3v) is 5.48. The van der Waals surface area contributed by atoms with Crippen LogP contribution in [0.15, 0.2) is 18.5 Å². The number of hydrogen-bond acceptors (Lipinski definition) is 4. The molecule has 6 nitrogen and oxygen atoms in total. The van der Waals surface area contributed by atoms with E-state index in [9.17, 15) is 4.79 Å². The molecule has 1 aromatic heterocycles. The van der Waals surface area contributed by atoms with Crippen molar-refractivity contribution in [2.45, 2.75) is 56.8 Å². The molecule has 1 amide bonds. The topological polar surface area (TPSA) is 59.4 Å². The summed E-state index contributed by atoms with van der Waals surface area (Å²) in [7, 11) is 0. The maximum Gasteiger partial charge on any atom is 0.223 e. The predicted molar refractivity (Wildman–Crippen MR) is 85.8 cm³/mol. The fourth-order valence-electron chi connectivity index (χ4n) is 4.39. The first kappa shape index (κ1) is 15.1. The van der Waals surface area contributed by atoms with E-state index in [1.54, 1.807) is 6.20 Å². The molecule has 0 aliphatic carbocycles. The van der Waals surface area contributed by atoms with E-state index in [-0.39, 0.29) is 6.10 Å². The van der Waals surface area contributed by atoms with Crippen LogP contribution in [0.4, 0.5) is 0 Å². The Balaban J connectivity index is 1.29. The van der Waals surface area contributed by atoms with Gasteiger partial charge in [0, 0.05) is 44.0 Å². The Morgan fingerprint density at radius 3 is 2.87 bits per heavy atom. The first-order valence-corrected chi connectivity index (χ1v) is 8.89. The van der Waals surface area contributed by atoms with E-state index in [0.29, 0.717) is 50.0 Å². The lowest BCUT2D eigenvalue weighted by Crippen LogP contribution is -2.48. The van der Waals surface area contributed by atoms with Crippen LogP contribution in [0.1, 0.15) is 32.1 Å². The van der Waals surface area contributed by atoms with E-state index in [4.69, 9.17) is 4.74 Å². The first-order chi connectivity index (χ1) is 11.3. The van der Waals surface area contributed by atoms with Gasteiger partial charge < -0.3 is 15.0 Å². The summed E-state index contributed by atoms with van der Waals surface area (Å²) in [6, 6.07) is 3.23. The van der Waals surface area contributed by atoms with Crippen LogP contribution in [0, 0.1) is 5.92 Å². The van der Waals surface area contributed by atoms with Gasteiger partial charge in [-0.05, 0) is 37.7 Å². The molecule has 3 fully saturated rings. The highest BCUT2D eigenvalue weighted by Crippen LogP contribution is 2.33. The van der Waals surface area contributed by atoms with Gasteiger partial charge in [0.2, 0.25) is 5.91 Å². The minimum atomic E-state index is 0.0526. The van der Waals surface area contributed by atoms with Crippen LogP contribution >= 0.6 is 0 Å². The summed E-state index contributed by atoms with van der Waals surface area (Å²) >= 11 is 0. The fraction of sp³-hybridized carbons (Fsp3) is 0.765. The van der Waals surface area contributed by atoms with E-state index in [0.717, 1.165) is 6.54 Å². The van der Waals surface area contributed by atoms with Crippen LogP contribution in [0.25, 0.3) is 0 Å². The molecule has 0 radical (unpaired) electrons. The van der Waals surface area contributed by atoms with Crippen LogP contribution < -0.4 is 5.32 Å². The van der Waals surface area contributed by atoms with Crippen LogP contribution in [-0.2, 0) is 16.1 Å². The van der Waals surface area contributed by atoms with E-state index < -0.39 is 0 Å². The number of piperidine rings is 1. The molecule has 0 aromatic carbocycles. The molecule has 2 bridgehead atoms. The van der Waals surface area contributed by atoms with Crippen molar-refractivity contribution in [3.63, 3.8) is 0 Å². The SMILES string of the molecule is O=C(CC1CC2CCC(C1)N2)N1CCOC(Cn2cccn2)C1. The van der Waals surface area contributed by atoms with Crippen molar-refractivity contribution in [1.29, 1.82) is 0 Å². The summed E-state index contributed by atoms with van der Waals surface area (Å²) in [4.78, 5) is 14.7. The first-order valence-electron chi connectivity index (χ1n) is 8.89. The highest BCUT2D eigenvalue weighted by atomic mass is 16.5. The van der Waals surface area contributed by atoms with Crippen LogP contribution in [-0.4, -0.2) is 58.5 Å². The summed E-state index contributed by atoms with van der Waals surface area (Å²) in [6.45, 7) is 2.77. The van der Waals surface area contributed by atoms with Gasteiger partial charge in [0.25, 0.3) is 0 Å². The van der Waals surface area contributed by atoms with Gasteiger partial charge in [0.15, 0.2) is 0 Å². The van der Waals surface area contributed by atoms with Gasteiger partial charge >= 0.3 is 0 Å². The third kappa shape index (κ3) is 3.58. The molecular weight excluding hydrogens is 292 g/mol. The monoisotopic (exact) mass is 318 g/mol. The third-order valence-electron chi connectivity index (χ3n) is 5.48. The van der Waals surface area contributed by atoms with E-state index in [1.165, 1.54) is 25.7 Å². The second-order valence-electron chi connectivity index (χ2n) is 7.24. The molecule has 3 unspecified atom stereocenters. The number of ether oxygens (including phenoxy) is 1. The Bertz CT molecular complexity index is 521. The zero-order valence-electron chi connectivity index (χ0n) is 13.6. The molecule has 3 aliphatic rings. The normalized spacial score (nSPS) is 33.8. The number of carbonyl (C=O) groups is 1. The molecule has 4 heterocycles. The van der Waals surface area contributed by atoms with Gasteiger partial charge in [-0.1, -0.05) is 0 Å². The summed E-state index contributed by atoms with van der Waals surface area (Å²) in [5.74, 6) is 0.874. The minimum absolute atomic E-state index is 0.0526. The number of rotatable bonds is 4. The van der Waals surface area contributed by atoms with Crippen molar-refractivity contribution in [3.8, 4) is 0 Å². The number of carbonyl (C=O) groups excluding carboxylic acids is 1. The Labute approximate surface area is 137 Å². The lowest BCUT2D eigenvalue weighted by Gasteiger charge is -2.35. The zero-order chi connectivity index (χ0) is 15.6. The highest BCUT2D eigenvalue weighted by Gasteiger charge is 2.35. The Morgan fingerprint density at radius 2 is 2.13 bits per heavy atom. The van der Waals surface area contributed by atoms with Gasteiger partial charge in [-0.15, -0.1) is 0 Å². The van der Waals surface area contributed by atoms with Crippen molar-refractivity contribution in [1.82, 2.24) is 20.0 Å².